The van der Waals surface area contributed by atoms with Crippen LogP contribution in [0.15, 0.2) is 24.3 Å². The molecule has 0 aliphatic carbocycles. The van der Waals surface area contributed by atoms with Crippen LogP contribution < -0.4 is 5.73 Å². The molecule has 1 saturated heterocycles. The molecule has 0 bridgehead atoms. The van der Waals surface area contributed by atoms with Crippen LogP contribution >= 0.6 is 11.8 Å². The van der Waals surface area contributed by atoms with Gasteiger partial charge in [0.15, 0.2) is 0 Å². The largest absolute Gasteiger partial charge is 0.383 e. The summed E-state index contributed by atoms with van der Waals surface area (Å²) in [7, 11) is 0. The van der Waals surface area contributed by atoms with Crippen LogP contribution in [0.3, 0.4) is 0 Å². The summed E-state index contributed by atoms with van der Waals surface area (Å²) < 4.78 is 0.116. The van der Waals surface area contributed by atoms with Crippen LogP contribution in [0.4, 0.5) is 5.82 Å². The van der Waals surface area contributed by atoms with Crippen molar-refractivity contribution in [2.24, 2.45) is 0 Å². The number of piperazine rings is 1. The number of para-hydroxylation sites is 1. The average molecular weight is 374 g/mol. The van der Waals surface area contributed by atoms with Crippen LogP contribution in [0.2, 0.25) is 0 Å². The van der Waals surface area contributed by atoms with Gasteiger partial charge in [0, 0.05) is 36.3 Å². The number of hydrogen-bond acceptors (Lipinski definition) is 6. The maximum Gasteiger partial charge on any atom is 0.232 e. The summed E-state index contributed by atoms with van der Waals surface area (Å²) in [4.78, 5) is 25.7. The van der Waals surface area contributed by atoms with Crippen molar-refractivity contribution < 1.29 is 4.79 Å². The van der Waals surface area contributed by atoms with Crippen LogP contribution in [-0.2, 0) is 11.3 Å². The summed E-state index contributed by atoms with van der Waals surface area (Å²) >= 11 is 1.70. The second kappa shape index (κ2) is 7.80. The minimum Gasteiger partial charge on any atom is -0.383 e. The van der Waals surface area contributed by atoms with Gasteiger partial charge in [-0.2, -0.15) is 0 Å². The summed E-state index contributed by atoms with van der Waals surface area (Å²) in [5.74, 6) is 2.05. The van der Waals surface area contributed by atoms with E-state index in [-0.39, 0.29) is 10.7 Å². The number of anilines is 1. The number of rotatable bonds is 4. The summed E-state index contributed by atoms with van der Waals surface area (Å²) in [6, 6.07) is 7.79. The Bertz CT molecular complexity index is 781. The number of thioether (sulfide) groups is 1. The Morgan fingerprint density at radius 1 is 1.15 bits per heavy atom. The van der Waals surface area contributed by atoms with Crippen molar-refractivity contribution in [2.45, 2.75) is 32.1 Å². The molecule has 2 aromatic rings. The maximum atomic E-state index is 12.3. The third-order valence-electron chi connectivity index (χ3n) is 4.40. The molecule has 3 rings (SSSR count). The Labute approximate surface area is 159 Å². The molecule has 0 atom stereocenters. The van der Waals surface area contributed by atoms with Crippen LogP contribution in [0.5, 0.6) is 0 Å². The second-order valence-electron chi connectivity index (χ2n) is 7.60. The van der Waals surface area contributed by atoms with E-state index < -0.39 is 0 Å². The summed E-state index contributed by atoms with van der Waals surface area (Å²) in [6.45, 7) is 10.3. The molecule has 0 unspecified atom stereocenters. The van der Waals surface area contributed by atoms with Crippen molar-refractivity contribution in [3.05, 3.63) is 30.1 Å². The van der Waals surface area contributed by atoms with Gasteiger partial charge in [0.25, 0.3) is 0 Å². The Balaban J connectivity index is 1.55. The molecular formula is C19H27N5OS. The van der Waals surface area contributed by atoms with Crippen LogP contribution in [0.25, 0.3) is 10.9 Å². The molecule has 0 radical (unpaired) electrons. The van der Waals surface area contributed by atoms with E-state index in [2.05, 4.69) is 35.6 Å². The molecule has 0 spiro atoms. The van der Waals surface area contributed by atoms with Crippen molar-refractivity contribution in [1.82, 2.24) is 19.8 Å². The molecular weight excluding hydrogens is 346 g/mol. The number of amides is 1. The van der Waals surface area contributed by atoms with Gasteiger partial charge in [-0.15, -0.1) is 11.8 Å². The second-order valence-corrected chi connectivity index (χ2v) is 9.40. The first-order valence-corrected chi connectivity index (χ1v) is 9.95. The van der Waals surface area contributed by atoms with E-state index in [0.717, 1.165) is 42.9 Å². The third kappa shape index (κ3) is 4.86. The first-order valence-electron chi connectivity index (χ1n) is 8.97. The fourth-order valence-electron chi connectivity index (χ4n) is 2.95. The van der Waals surface area contributed by atoms with Gasteiger partial charge < -0.3 is 10.6 Å². The van der Waals surface area contributed by atoms with Gasteiger partial charge in [-0.05, 0) is 12.1 Å². The van der Waals surface area contributed by atoms with Gasteiger partial charge in [-0.3, -0.25) is 9.69 Å². The van der Waals surface area contributed by atoms with Gasteiger partial charge in [-0.1, -0.05) is 32.9 Å². The molecule has 140 valence electrons. The Hall–Kier alpha value is -1.86. The lowest BCUT2D eigenvalue weighted by molar-refractivity contribution is -0.130. The summed E-state index contributed by atoms with van der Waals surface area (Å²) in [5, 5.41) is 0.892. The molecule has 1 aliphatic heterocycles. The summed E-state index contributed by atoms with van der Waals surface area (Å²) in [6.07, 6.45) is 0. The molecule has 6 nitrogen and oxygen atoms in total. The van der Waals surface area contributed by atoms with E-state index in [0.29, 0.717) is 18.1 Å². The van der Waals surface area contributed by atoms with E-state index >= 15 is 0 Å². The highest BCUT2D eigenvalue weighted by Crippen LogP contribution is 2.23. The molecule has 1 fully saturated rings. The minimum atomic E-state index is 0.116. The molecule has 1 aromatic heterocycles. The average Bonchev–Trinajstić information content (AvgIpc) is 2.60. The number of benzene rings is 1. The number of hydrogen-bond donors (Lipinski definition) is 1. The first-order chi connectivity index (χ1) is 12.3. The third-order valence-corrected chi connectivity index (χ3v) is 5.66. The lowest BCUT2D eigenvalue weighted by Gasteiger charge is -2.34. The normalized spacial score (nSPS) is 16.2. The van der Waals surface area contributed by atoms with Crippen LogP contribution in [-0.4, -0.2) is 62.4 Å². The monoisotopic (exact) mass is 373 g/mol. The standard InChI is InChI=1S/C19H27N5OS/c1-19(2,3)26-13-17(25)24-10-8-23(9-11-24)12-16-21-15-7-5-4-6-14(15)18(20)22-16/h4-7H,8-13H2,1-3H3,(H2,20,21,22). The topological polar surface area (TPSA) is 75.4 Å². The number of nitrogens with two attached hydrogens (primary N) is 1. The van der Waals surface area contributed by atoms with Gasteiger partial charge in [-0.25, -0.2) is 9.97 Å². The number of carbonyl (C=O) groups excluding carboxylic acids is 1. The molecule has 0 saturated carbocycles. The van der Waals surface area contributed by atoms with Crippen molar-refractivity contribution in [3.8, 4) is 0 Å². The maximum absolute atomic E-state index is 12.3. The van der Waals surface area contributed by atoms with E-state index in [1.54, 1.807) is 11.8 Å². The number of carbonyl (C=O) groups is 1. The quantitative estimate of drug-likeness (QED) is 0.887. The number of nitrogens with zero attached hydrogens (tertiary/aromatic N) is 4. The van der Waals surface area contributed by atoms with Gasteiger partial charge in [0.1, 0.15) is 11.6 Å². The van der Waals surface area contributed by atoms with Crippen molar-refractivity contribution in [1.29, 1.82) is 0 Å². The SMILES string of the molecule is CC(C)(C)SCC(=O)N1CCN(Cc2nc(N)c3ccccc3n2)CC1. The van der Waals surface area contributed by atoms with E-state index in [1.165, 1.54) is 0 Å². The van der Waals surface area contributed by atoms with Crippen LogP contribution in [0.1, 0.15) is 26.6 Å². The van der Waals surface area contributed by atoms with E-state index in [1.807, 2.05) is 29.2 Å². The predicted molar refractivity (Wildman–Crippen MR) is 108 cm³/mol. The zero-order valence-electron chi connectivity index (χ0n) is 15.7. The zero-order chi connectivity index (χ0) is 18.7. The highest BCUT2D eigenvalue weighted by atomic mass is 32.2. The number of fused-ring (bicyclic) bond motifs is 1. The Morgan fingerprint density at radius 2 is 1.85 bits per heavy atom. The van der Waals surface area contributed by atoms with Crippen molar-refractivity contribution >= 4 is 34.4 Å². The molecule has 2 N–H and O–H groups in total. The molecule has 1 aliphatic rings. The highest BCUT2D eigenvalue weighted by molar-refractivity contribution is 8.01. The fraction of sp³-hybridized carbons (Fsp3) is 0.526. The lowest BCUT2D eigenvalue weighted by Crippen LogP contribution is -2.49. The number of nitrogen functional groups attached to an aromatic ring is 1. The molecule has 1 amide bonds. The Kier molecular flexibility index (Phi) is 5.67. The minimum absolute atomic E-state index is 0.116. The van der Waals surface area contributed by atoms with Gasteiger partial charge in [0.2, 0.25) is 5.91 Å². The summed E-state index contributed by atoms with van der Waals surface area (Å²) in [5.41, 5.74) is 6.95. The number of aromatic nitrogens is 2. The molecule has 1 aromatic carbocycles. The molecule has 7 heteroatoms. The van der Waals surface area contributed by atoms with Crippen LogP contribution in [0, 0.1) is 0 Å². The first kappa shape index (κ1) is 18.9. The van der Waals surface area contributed by atoms with E-state index in [9.17, 15) is 4.79 Å². The molecule has 2 heterocycles. The van der Waals surface area contributed by atoms with Crippen molar-refractivity contribution in [2.75, 3.05) is 37.7 Å². The highest BCUT2D eigenvalue weighted by Gasteiger charge is 2.23. The Morgan fingerprint density at radius 3 is 2.54 bits per heavy atom. The molecule has 26 heavy (non-hydrogen) atoms. The fourth-order valence-corrected chi connectivity index (χ4v) is 3.69. The van der Waals surface area contributed by atoms with Crippen molar-refractivity contribution in [3.63, 3.8) is 0 Å². The smallest absolute Gasteiger partial charge is 0.232 e. The predicted octanol–water partition coefficient (Wildman–Crippen LogP) is 2.39. The lowest BCUT2D eigenvalue weighted by atomic mass is 10.2. The van der Waals surface area contributed by atoms with Gasteiger partial charge in [0.05, 0.1) is 17.8 Å². The van der Waals surface area contributed by atoms with E-state index in [4.69, 9.17) is 5.73 Å². The zero-order valence-corrected chi connectivity index (χ0v) is 16.6. The van der Waals surface area contributed by atoms with Gasteiger partial charge >= 0.3 is 0 Å².